The molecule has 0 bridgehead atoms. The molecule has 1 aliphatic heterocycles. The SMILES string of the molecule is O=C(NC1CCN(Cc2ccccc2)CC1)c1nccnc1-c1nc2ccccc2s1. The standard InChI is InChI=1S/C24H23N5OS/c30-23(27-18-10-14-29(15-11-18)16-17-6-2-1-3-7-17)21-22(26-13-12-25-21)24-28-19-8-4-5-9-20(19)31-24/h1-9,12-13,18H,10-11,14-16H2,(H,27,30). The zero-order valence-electron chi connectivity index (χ0n) is 17.1. The number of benzene rings is 2. The highest BCUT2D eigenvalue weighted by Crippen LogP contribution is 2.30. The number of likely N-dealkylation sites (tertiary alicyclic amines) is 1. The lowest BCUT2D eigenvalue weighted by Crippen LogP contribution is -2.44. The second kappa shape index (κ2) is 8.91. The number of para-hydroxylation sites is 1. The summed E-state index contributed by atoms with van der Waals surface area (Å²) in [5, 5.41) is 3.89. The monoisotopic (exact) mass is 429 g/mol. The van der Waals surface area contributed by atoms with Crippen molar-refractivity contribution in [2.75, 3.05) is 13.1 Å². The number of carbonyl (C=O) groups is 1. The first-order valence-electron chi connectivity index (χ1n) is 10.5. The zero-order valence-corrected chi connectivity index (χ0v) is 17.9. The molecule has 1 saturated heterocycles. The summed E-state index contributed by atoms with van der Waals surface area (Å²) in [6.07, 6.45) is 5.03. The summed E-state index contributed by atoms with van der Waals surface area (Å²) in [4.78, 5) is 28.9. The fourth-order valence-corrected chi connectivity index (χ4v) is 4.93. The van der Waals surface area contributed by atoms with Crippen LogP contribution in [0.4, 0.5) is 0 Å². The van der Waals surface area contributed by atoms with Crippen molar-refractivity contribution in [1.82, 2.24) is 25.2 Å². The number of aromatic nitrogens is 3. The second-order valence-electron chi connectivity index (χ2n) is 7.75. The summed E-state index contributed by atoms with van der Waals surface area (Å²) in [5.74, 6) is -0.177. The van der Waals surface area contributed by atoms with Crippen molar-refractivity contribution in [1.29, 1.82) is 0 Å². The molecule has 5 rings (SSSR count). The number of amides is 1. The molecule has 4 aromatic rings. The van der Waals surface area contributed by atoms with E-state index in [4.69, 9.17) is 0 Å². The minimum Gasteiger partial charge on any atom is -0.348 e. The molecule has 1 amide bonds. The van der Waals surface area contributed by atoms with Crippen LogP contribution in [0.25, 0.3) is 20.9 Å². The molecular weight excluding hydrogens is 406 g/mol. The maximum absolute atomic E-state index is 13.0. The van der Waals surface area contributed by atoms with Gasteiger partial charge in [0.1, 0.15) is 10.7 Å². The van der Waals surface area contributed by atoms with E-state index in [0.29, 0.717) is 11.4 Å². The highest BCUT2D eigenvalue weighted by atomic mass is 32.1. The first-order valence-corrected chi connectivity index (χ1v) is 11.3. The van der Waals surface area contributed by atoms with E-state index in [0.717, 1.165) is 47.7 Å². The van der Waals surface area contributed by atoms with Crippen LogP contribution in [0.5, 0.6) is 0 Å². The molecule has 1 aliphatic rings. The Labute approximate surface area is 185 Å². The minimum absolute atomic E-state index is 0.143. The van der Waals surface area contributed by atoms with Crippen molar-refractivity contribution in [2.45, 2.75) is 25.4 Å². The zero-order chi connectivity index (χ0) is 21.0. The number of thiazole rings is 1. The van der Waals surface area contributed by atoms with Crippen molar-refractivity contribution in [2.24, 2.45) is 0 Å². The minimum atomic E-state index is -0.177. The van der Waals surface area contributed by atoms with Gasteiger partial charge in [-0.15, -0.1) is 11.3 Å². The third kappa shape index (κ3) is 4.47. The van der Waals surface area contributed by atoms with Gasteiger partial charge in [0.15, 0.2) is 5.69 Å². The summed E-state index contributed by atoms with van der Waals surface area (Å²) in [6.45, 7) is 2.88. The molecule has 1 N–H and O–H groups in total. The smallest absolute Gasteiger partial charge is 0.272 e. The number of hydrogen-bond acceptors (Lipinski definition) is 6. The van der Waals surface area contributed by atoms with Gasteiger partial charge in [0.05, 0.1) is 10.2 Å². The lowest BCUT2D eigenvalue weighted by atomic mass is 10.0. The van der Waals surface area contributed by atoms with E-state index < -0.39 is 0 Å². The normalized spacial score (nSPS) is 15.2. The summed E-state index contributed by atoms with van der Waals surface area (Å²) in [6, 6.07) is 18.6. The number of fused-ring (bicyclic) bond motifs is 1. The molecule has 6 nitrogen and oxygen atoms in total. The lowest BCUT2D eigenvalue weighted by Gasteiger charge is -2.32. The van der Waals surface area contributed by atoms with E-state index in [-0.39, 0.29) is 11.9 Å². The van der Waals surface area contributed by atoms with Crippen LogP contribution in [0, 0.1) is 0 Å². The molecule has 7 heteroatoms. The number of nitrogens with one attached hydrogen (secondary N) is 1. The Balaban J connectivity index is 1.25. The van der Waals surface area contributed by atoms with Crippen molar-refractivity contribution >= 4 is 27.5 Å². The Kier molecular flexibility index (Phi) is 5.69. The molecule has 0 radical (unpaired) electrons. The van der Waals surface area contributed by atoms with Gasteiger partial charge in [0.25, 0.3) is 5.91 Å². The van der Waals surface area contributed by atoms with Crippen LogP contribution in [-0.4, -0.2) is 44.9 Å². The molecule has 156 valence electrons. The summed E-state index contributed by atoms with van der Waals surface area (Å²) < 4.78 is 1.07. The first kappa shape index (κ1) is 19.8. The fraction of sp³-hybridized carbons (Fsp3) is 0.250. The molecule has 0 saturated carbocycles. The Hall–Kier alpha value is -3.16. The molecule has 3 heterocycles. The molecule has 0 aliphatic carbocycles. The van der Waals surface area contributed by atoms with Crippen LogP contribution in [-0.2, 0) is 6.54 Å². The number of carbonyl (C=O) groups excluding carboxylic acids is 1. The van der Waals surface area contributed by atoms with Crippen molar-refractivity contribution < 1.29 is 4.79 Å². The van der Waals surface area contributed by atoms with Crippen molar-refractivity contribution in [3.8, 4) is 10.7 Å². The molecule has 1 fully saturated rings. The topological polar surface area (TPSA) is 71.0 Å². The Morgan fingerprint density at radius 3 is 2.55 bits per heavy atom. The van der Waals surface area contributed by atoms with Gasteiger partial charge in [-0.05, 0) is 30.5 Å². The number of piperidine rings is 1. The van der Waals surface area contributed by atoms with Gasteiger partial charge < -0.3 is 5.32 Å². The third-order valence-corrected chi connectivity index (χ3v) is 6.62. The van der Waals surface area contributed by atoms with Crippen LogP contribution >= 0.6 is 11.3 Å². The highest BCUT2D eigenvalue weighted by Gasteiger charge is 2.24. The van der Waals surface area contributed by atoms with Gasteiger partial charge in [-0.3, -0.25) is 9.69 Å². The average molecular weight is 430 g/mol. The maximum Gasteiger partial charge on any atom is 0.272 e. The van der Waals surface area contributed by atoms with E-state index in [1.54, 1.807) is 12.4 Å². The number of hydrogen-bond donors (Lipinski definition) is 1. The van der Waals surface area contributed by atoms with Crippen molar-refractivity contribution in [3.63, 3.8) is 0 Å². The Morgan fingerprint density at radius 2 is 1.74 bits per heavy atom. The Morgan fingerprint density at radius 1 is 1.00 bits per heavy atom. The second-order valence-corrected chi connectivity index (χ2v) is 8.78. The van der Waals surface area contributed by atoms with Crippen LogP contribution < -0.4 is 5.32 Å². The van der Waals surface area contributed by atoms with E-state index in [1.807, 2.05) is 30.3 Å². The van der Waals surface area contributed by atoms with E-state index >= 15 is 0 Å². The van der Waals surface area contributed by atoms with Gasteiger partial charge in [-0.1, -0.05) is 42.5 Å². The number of nitrogens with zero attached hydrogens (tertiary/aromatic N) is 4. The van der Waals surface area contributed by atoms with Gasteiger partial charge in [-0.2, -0.15) is 0 Å². The molecule has 2 aromatic heterocycles. The molecule has 0 spiro atoms. The molecule has 0 unspecified atom stereocenters. The van der Waals surface area contributed by atoms with Crippen molar-refractivity contribution in [3.05, 3.63) is 78.2 Å². The van der Waals surface area contributed by atoms with Crippen LogP contribution in [0.2, 0.25) is 0 Å². The maximum atomic E-state index is 13.0. The predicted octanol–water partition coefficient (Wildman–Crippen LogP) is 4.15. The third-order valence-electron chi connectivity index (χ3n) is 5.58. The van der Waals surface area contributed by atoms with E-state index in [2.05, 4.69) is 49.4 Å². The lowest BCUT2D eigenvalue weighted by molar-refractivity contribution is 0.0904. The average Bonchev–Trinajstić information content (AvgIpc) is 3.25. The first-order chi connectivity index (χ1) is 15.3. The van der Waals surface area contributed by atoms with Gasteiger partial charge >= 0.3 is 0 Å². The molecule has 2 aromatic carbocycles. The van der Waals surface area contributed by atoms with Crippen LogP contribution in [0.15, 0.2) is 67.0 Å². The molecule has 31 heavy (non-hydrogen) atoms. The Bertz CT molecular complexity index is 1150. The van der Waals surface area contributed by atoms with Gasteiger partial charge in [0.2, 0.25) is 0 Å². The number of rotatable bonds is 5. The largest absolute Gasteiger partial charge is 0.348 e. The molecular formula is C24H23N5OS. The molecule has 0 atom stereocenters. The van der Waals surface area contributed by atoms with Gasteiger partial charge in [-0.25, -0.2) is 15.0 Å². The van der Waals surface area contributed by atoms with Gasteiger partial charge in [0, 0.05) is 38.1 Å². The predicted molar refractivity (Wildman–Crippen MR) is 123 cm³/mol. The van der Waals surface area contributed by atoms with Crippen LogP contribution in [0.3, 0.4) is 0 Å². The van der Waals surface area contributed by atoms with Crippen LogP contribution in [0.1, 0.15) is 28.9 Å². The van der Waals surface area contributed by atoms with E-state index in [1.165, 1.54) is 16.9 Å². The van der Waals surface area contributed by atoms with E-state index in [9.17, 15) is 4.79 Å². The summed E-state index contributed by atoms with van der Waals surface area (Å²) in [5.41, 5.74) is 3.12. The quantitative estimate of drug-likeness (QED) is 0.516. The fourth-order valence-electron chi connectivity index (χ4n) is 3.96. The summed E-state index contributed by atoms with van der Waals surface area (Å²) in [7, 11) is 0. The summed E-state index contributed by atoms with van der Waals surface area (Å²) >= 11 is 1.53. The highest BCUT2D eigenvalue weighted by molar-refractivity contribution is 7.21.